The van der Waals surface area contributed by atoms with Crippen molar-refractivity contribution in [1.29, 1.82) is 0 Å². The van der Waals surface area contributed by atoms with Gasteiger partial charge in [0, 0.05) is 11.9 Å². The van der Waals surface area contributed by atoms with E-state index in [4.69, 9.17) is 9.47 Å². The van der Waals surface area contributed by atoms with Gasteiger partial charge in [0.25, 0.3) is 0 Å². The first-order valence-corrected chi connectivity index (χ1v) is 10.3. The molecule has 0 saturated carbocycles. The number of anilines is 2. The van der Waals surface area contributed by atoms with E-state index in [-0.39, 0.29) is 5.97 Å². The van der Waals surface area contributed by atoms with Crippen LogP contribution in [-0.2, 0) is 11.3 Å². The van der Waals surface area contributed by atoms with E-state index in [1.54, 1.807) is 25.4 Å². The standard InChI is InChI=1S/C22H19IN4O3/c1-29-17-9-3-14(4-10-17)13-27-21-19(20(23)26-27)18(11-12-24-21)25-16-7-5-15(6-8-16)22(28)30-2/h3-12H,13H2,1-2H3,(H,24,25). The summed E-state index contributed by atoms with van der Waals surface area (Å²) in [5, 5.41) is 9.03. The van der Waals surface area contributed by atoms with Crippen LogP contribution < -0.4 is 10.1 Å². The number of pyridine rings is 1. The van der Waals surface area contributed by atoms with E-state index in [0.717, 1.165) is 37.4 Å². The Morgan fingerprint density at radius 2 is 1.80 bits per heavy atom. The summed E-state index contributed by atoms with van der Waals surface area (Å²) >= 11 is 2.23. The normalized spacial score (nSPS) is 10.8. The molecule has 4 aromatic rings. The molecule has 2 aromatic carbocycles. The first-order valence-electron chi connectivity index (χ1n) is 9.18. The summed E-state index contributed by atoms with van der Waals surface area (Å²) < 4.78 is 12.7. The van der Waals surface area contributed by atoms with Crippen LogP contribution in [0, 0.1) is 3.70 Å². The number of carbonyl (C=O) groups excluding carboxylic acids is 1. The number of methoxy groups -OCH3 is 2. The summed E-state index contributed by atoms with van der Waals surface area (Å²) in [5.74, 6) is 0.462. The molecule has 0 atom stereocenters. The van der Waals surface area contributed by atoms with Crippen molar-refractivity contribution in [3.8, 4) is 5.75 Å². The molecule has 0 radical (unpaired) electrons. The molecule has 0 unspecified atom stereocenters. The van der Waals surface area contributed by atoms with E-state index < -0.39 is 0 Å². The second-order valence-electron chi connectivity index (χ2n) is 6.55. The lowest BCUT2D eigenvalue weighted by molar-refractivity contribution is 0.0601. The van der Waals surface area contributed by atoms with Crippen molar-refractivity contribution >= 4 is 51.0 Å². The first-order chi connectivity index (χ1) is 14.6. The Bertz CT molecular complexity index is 1190. The van der Waals surface area contributed by atoms with Crippen molar-refractivity contribution in [3.63, 3.8) is 0 Å². The maximum atomic E-state index is 11.6. The first kappa shape index (κ1) is 20.1. The molecule has 0 aliphatic rings. The Balaban J connectivity index is 1.63. The van der Waals surface area contributed by atoms with Gasteiger partial charge >= 0.3 is 5.97 Å². The minimum atomic E-state index is -0.359. The van der Waals surface area contributed by atoms with Crippen molar-refractivity contribution in [2.75, 3.05) is 19.5 Å². The molecule has 4 rings (SSSR count). The van der Waals surface area contributed by atoms with Gasteiger partial charge < -0.3 is 14.8 Å². The third-order valence-electron chi connectivity index (χ3n) is 4.67. The van der Waals surface area contributed by atoms with Crippen LogP contribution in [0.25, 0.3) is 11.0 Å². The third kappa shape index (κ3) is 4.09. The number of hydrogen-bond donors (Lipinski definition) is 1. The molecule has 0 aliphatic carbocycles. The minimum absolute atomic E-state index is 0.359. The number of esters is 1. The third-order valence-corrected chi connectivity index (χ3v) is 5.42. The van der Waals surface area contributed by atoms with E-state index in [2.05, 4.69) is 38.0 Å². The Labute approximate surface area is 187 Å². The quantitative estimate of drug-likeness (QED) is 0.299. The lowest BCUT2D eigenvalue weighted by atomic mass is 10.2. The van der Waals surface area contributed by atoms with E-state index in [1.807, 2.05) is 47.1 Å². The van der Waals surface area contributed by atoms with E-state index >= 15 is 0 Å². The zero-order valence-electron chi connectivity index (χ0n) is 16.4. The summed E-state index contributed by atoms with van der Waals surface area (Å²) in [6, 6.07) is 17.0. The number of carbonyl (C=O) groups is 1. The number of aromatic nitrogens is 3. The van der Waals surface area contributed by atoms with Crippen molar-refractivity contribution in [2.24, 2.45) is 0 Å². The Morgan fingerprint density at radius 3 is 2.47 bits per heavy atom. The molecule has 0 fully saturated rings. The molecule has 0 spiro atoms. The number of rotatable bonds is 6. The van der Waals surface area contributed by atoms with Gasteiger partial charge in [0.05, 0.1) is 37.4 Å². The van der Waals surface area contributed by atoms with Crippen LogP contribution in [-0.4, -0.2) is 35.0 Å². The highest BCUT2D eigenvalue weighted by atomic mass is 127. The van der Waals surface area contributed by atoms with Crippen LogP contribution in [0.5, 0.6) is 5.75 Å². The smallest absolute Gasteiger partial charge is 0.337 e. The zero-order chi connectivity index (χ0) is 21.1. The molecule has 0 saturated heterocycles. The molecule has 0 aliphatic heterocycles. The molecular formula is C22H19IN4O3. The van der Waals surface area contributed by atoms with Crippen LogP contribution in [0.3, 0.4) is 0 Å². The number of hydrogen-bond acceptors (Lipinski definition) is 6. The Morgan fingerprint density at radius 1 is 1.07 bits per heavy atom. The summed E-state index contributed by atoms with van der Waals surface area (Å²) in [6.07, 6.45) is 1.76. The fourth-order valence-corrected chi connectivity index (χ4v) is 3.93. The van der Waals surface area contributed by atoms with Gasteiger partial charge in [0.15, 0.2) is 5.65 Å². The van der Waals surface area contributed by atoms with Crippen molar-refractivity contribution in [3.05, 3.63) is 75.6 Å². The number of benzene rings is 2. The molecule has 2 heterocycles. The van der Waals surface area contributed by atoms with Gasteiger partial charge in [-0.1, -0.05) is 12.1 Å². The molecule has 1 N–H and O–H groups in total. The average Bonchev–Trinajstić information content (AvgIpc) is 3.10. The molecular weight excluding hydrogens is 495 g/mol. The molecule has 8 heteroatoms. The second kappa shape index (κ2) is 8.70. The molecule has 7 nitrogen and oxygen atoms in total. The summed E-state index contributed by atoms with van der Waals surface area (Å²) in [6.45, 7) is 0.605. The van der Waals surface area contributed by atoms with Gasteiger partial charge in [-0.15, -0.1) is 0 Å². The number of fused-ring (bicyclic) bond motifs is 1. The number of nitrogens with zero attached hydrogens (tertiary/aromatic N) is 3. The number of nitrogens with one attached hydrogen (secondary N) is 1. The minimum Gasteiger partial charge on any atom is -0.497 e. The number of ether oxygens (including phenoxy) is 2. The number of halogens is 1. The maximum absolute atomic E-state index is 11.6. The van der Waals surface area contributed by atoms with Crippen molar-refractivity contribution < 1.29 is 14.3 Å². The molecule has 0 bridgehead atoms. The van der Waals surface area contributed by atoms with E-state index in [0.29, 0.717) is 12.1 Å². The van der Waals surface area contributed by atoms with Gasteiger partial charge in [-0.3, -0.25) is 0 Å². The van der Waals surface area contributed by atoms with E-state index in [1.165, 1.54) is 7.11 Å². The fourth-order valence-electron chi connectivity index (χ4n) is 3.13. The summed E-state index contributed by atoms with van der Waals surface area (Å²) in [4.78, 5) is 16.2. The van der Waals surface area contributed by atoms with Crippen LogP contribution in [0.2, 0.25) is 0 Å². The van der Waals surface area contributed by atoms with Gasteiger partial charge in [-0.25, -0.2) is 14.5 Å². The maximum Gasteiger partial charge on any atom is 0.337 e. The molecule has 2 aromatic heterocycles. The highest BCUT2D eigenvalue weighted by Crippen LogP contribution is 2.29. The monoisotopic (exact) mass is 514 g/mol. The predicted octanol–water partition coefficient (Wildman–Crippen LogP) is 4.62. The van der Waals surface area contributed by atoms with Crippen LogP contribution in [0.15, 0.2) is 60.8 Å². The topological polar surface area (TPSA) is 78.3 Å². The van der Waals surface area contributed by atoms with Gasteiger partial charge in [0.1, 0.15) is 9.45 Å². The second-order valence-corrected chi connectivity index (χ2v) is 7.57. The van der Waals surface area contributed by atoms with Gasteiger partial charge in [-0.05, 0) is 70.6 Å². The van der Waals surface area contributed by atoms with Gasteiger partial charge in [0.2, 0.25) is 0 Å². The van der Waals surface area contributed by atoms with Crippen molar-refractivity contribution in [2.45, 2.75) is 6.54 Å². The molecule has 0 amide bonds. The summed E-state index contributed by atoms with van der Waals surface area (Å²) in [5.41, 5.74) is 4.16. The van der Waals surface area contributed by atoms with Gasteiger partial charge in [-0.2, -0.15) is 5.10 Å². The largest absolute Gasteiger partial charge is 0.497 e. The summed E-state index contributed by atoms with van der Waals surface area (Å²) in [7, 11) is 3.02. The lowest BCUT2D eigenvalue weighted by Gasteiger charge is -2.09. The molecule has 30 heavy (non-hydrogen) atoms. The molecule has 152 valence electrons. The van der Waals surface area contributed by atoms with Crippen molar-refractivity contribution in [1.82, 2.24) is 14.8 Å². The SMILES string of the molecule is COC(=O)c1ccc(Nc2ccnc3c2c(I)nn3Cc2ccc(OC)cc2)cc1. The highest BCUT2D eigenvalue weighted by molar-refractivity contribution is 14.1. The highest BCUT2D eigenvalue weighted by Gasteiger charge is 2.15. The predicted molar refractivity (Wildman–Crippen MR) is 123 cm³/mol. The Hall–Kier alpha value is -3.14. The zero-order valence-corrected chi connectivity index (χ0v) is 18.6. The van der Waals surface area contributed by atoms with Crippen LogP contribution in [0.1, 0.15) is 15.9 Å². The van der Waals surface area contributed by atoms with Crippen LogP contribution in [0.4, 0.5) is 11.4 Å². The average molecular weight is 514 g/mol. The van der Waals surface area contributed by atoms with Crippen LogP contribution >= 0.6 is 22.6 Å². The van der Waals surface area contributed by atoms with E-state index in [9.17, 15) is 4.79 Å². The Kier molecular flexibility index (Phi) is 5.84. The fraction of sp³-hybridized carbons (Fsp3) is 0.136. The lowest BCUT2D eigenvalue weighted by Crippen LogP contribution is -2.03.